The zero-order chi connectivity index (χ0) is 15.1. The first-order valence-electron chi connectivity index (χ1n) is 7.69. The molecular weight excluding hydrogens is 256 g/mol. The second-order valence-corrected chi connectivity index (χ2v) is 5.75. The Morgan fingerprint density at radius 2 is 2.10 bits per heavy atom. The van der Waals surface area contributed by atoms with Gasteiger partial charge < -0.3 is 14.9 Å². The Kier molecular flexibility index (Phi) is 6.99. The van der Waals surface area contributed by atoms with Crippen LogP contribution in [0.25, 0.3) is 0 Å². The summed E-state index contributed by atoms with van der Waals surface area (Å²) in [7, 11) is 1.75. The van der Waals surface area contributed by atoms with E-state index < -0.39 is 6.10 Å². The Balaban J connectivity index is 2.64. The molecule has 1 N–H and O–H groups in total. The first kappa shape index (κ1) is 17.0. The monoisotopic (exact) mass is 284 g/mol. The summed E-state index contributed by atoms with van der Waals surface area (Å²) in [4.78, 5) is 28.0. The zero-order valence-electron chi connectivity index (χ0n) is 13.0. The standard InChI is InChI=1S/C15H28N2O3/c1-4-7-14(19)17-10-6-5-8-13(17)15(20)16(3)11-9-12(2)18/h12-13,18H,4-11H2,1-3H3. The molecule has 1 fully saturated rings. The summed E-state index contributed by atoms with van der Waals surface area (Å²) in [5.74, 6) is 0.101. The molecule has 5 nitrogen and oxygen atoms in total. The molecule has 0 aromatic rings. The Morgan fingerprint density at radius 3 is 2.70 bits per heavy atom. The number of hydrogen-bond donors (Lipinski definition) is 1. The third-order valence-corrected chi connectivity index (χ3v) is 3.83. The summed E-state index contributed by atoms with van der Waals surface area (Å²) in [5, 5.41) is 9.30. The lowest BCUT2D eigenvalue weighted by Crippen LogP contribution is -2.52. The van der Waals surface area contributed by atoms with E-state index in [1.165, 1.54) is 0 Å². The van der Waals surface area contributed by atoms with E-state index in [-0.39, 0.29) is 17.9 Å². The maximum atomic E-state index is 12.5. The van der Waals surface area contributed by atoms with Gasteiger partial charge in [0.25, 0.3) is 0 Å². The molecule has 1 saturated heterocycles. The van der Waals surface area contributed by atoms with E-state index in [1.807, 2.05) is 6.92 Å². The highest BCUT2D eigenvalue weighted by molar-refractivity contribution is 5.87. The van der Waals surface area contributed by atoms with Gasteiger partial charge in [-0.2, -0.15) is 0 Å². The van der Waals surface area contributed by atoms with Crippen LogP contribution in [-0.2, 0) is 9.59 Å². The van der Waals surface area contributed by atoms with Gasteiger partial charge >= 0.3 is 0 Å². The van der Waals surface area contributed by atoms with Crippen LogP contribution in [0.4, 0.5) is 0 Å². The molecule has 1 aliphatic heterocycles. The van der Waals surface area contributed by atoms with Crippen molar-refractivity contribution in [3.05, 3.63) is 0 Å². The van der Waals surface area contributed by atoms with Crippen LogP contribution in [0.1, 0.15) is 52.4 Å². The molecule has 2 unspecified atom stereocenters. The third kappa shape index (κ3) is 4.78. The first-order chi connectivity index (χ1) is 9.47. The van der Waals surface area contributed by atoms with Crippen molar-refractivity contribution in [3.63, 3.8) is 0 Å². The van der Waals surface area contributed by atoms with Crippen LogP contribution >= 0.6 is 0 Å². The summed E-state index contributed by atoms with van der Waals surface area (Å²) in [6.07, 6.45) is 4.22. The highest BCUT2D eigenvalue weighted by atomic mass is 16.3. The number of amides is 2. The maximum absolute atomic E-state index is 12.5. The number of rotatable bonds is 6. The Bertz CT molecular complexity index is 331. The van der Waals surface area contributed by atoms with E-state index in [9.17, 15) is 14.7 Å². The van der Waals surface area contributed by atoms with Gasteiger partial charge in [-0.05, 0) is 39.0 Å². The number of likely N-dealkylation sites (N-methyl/N-ethyl adjacent to an activating group) is 1. The normalized spacial score (nSPS) is 20.6. The zero-order valence-corrected chi connectivity index (χ0v) is 13.0. The number of carbonyl (C=O) groups is 2. The van der Waals surface area contributed by atoms with Crippen molar-refractivity contribution in [3.8, 4) is 0 Å². The fraction of sp³-hybridized carbons (Fsp3) is 0.867. The van der Waals surface area contributed by atoms with Gasteiger partial charge in [-0.15, -0.1) is 0 Å². The highest BCUT2D eigenvalue weighted by Crippen LogP contribution is 2.20. The second-order valence-electron chi connectivity index (χ2n) is 5.75. The fourth-order valence-corrected chi connectivity index (χ4v) is 2.59. The minimum absolute atomic E-state index is 0.00908. The molecule has 1 heterocycles. The van der Waals surface area contributed by atoms with Gasteiger partial charge in [-0.25, -0.2) is 0 Å². The molecule has 5 heteroatoms. The number of hydrogen-bond acceptors (Lipinski definition) is 3. The largest absolute Gasteiger partial charge is 0.393 e. The molecule has 0 aromatic carbocycles. The van der Waals surface area contributed by atoms with Crippen molar-refractivity contribution in [2.75, 3.05) is 20.1 Å². The molecule has 2 atom stereocenters. The first-order valence-corrected chi connectivity index (χ1v) is 7.69. The van der Waals surface area contributed by atoms with E-state index in [1.54, 1.807) is 23.8 Å². The molecule has 116 valence electrons. The lowest BCUT2D eigenvalue weighted by molar-refractivity contribution is -0.147. The van der Waals surface area contributed by atoms with Gasteiger partial charge in [0.15, 0.2) is 0 Å². The Labute approximate surface area is 121 Å². The summed E-state index contributed by atoms with van der Waals surface area (Å²) in [6.45, 7) is 4.92. The van der Waals surface area contributed by atoms with Crippen LogP contribution in [0.3, 0.4) is 0 Å². The van der Waals surface area contributed by atoms with Crippen molar-refractivity contribution in [2.24, 2.45) is 0 Å². The van der Waals surface area contributed by atoms with Gasteiger partial charge in [0, 0.05) is 26.6 Å². The van der Waals surface area contributed by atoms with Crippen LogP contribution in [0.2, 0.25) is 0 Å². The van der Waals surface area contributed by atoms with Gasteiger partial charge in [0.05, 0.1) is 6.10 Å². The third-order valence-electron chi connectivity index (χ3n) is 3.83. The average molecular weight is 284 g/mol. The lowest BCUT2D eigenvalue weighted by Gasteiger charge is -2.37. The van der Waals surface area contributed by atoms with E-state index in [0.29, 0.717) is 25.9 Å². The van der Waals surface area contributed by atoms with Crippen LogP contribution in [-0.4, -0.2) is 59.0 Å². The van der Waals surface area contributed by atoms with E-state index in [0.717, 1.165) is 25.7 Å². The van der Waals surface area contributed by atoms with Gasteiger partial charge in [-0.1, -0.05) is 6.92 Å². The molecule has 0 spiro atoms. The molecule has 20 heavy (non-hydrogen) atoms. The molecule has 0 aromatic heterocycles. The van der Waals surface area contributed by atoms with Crippen molar-refractivity contribution >= 4 is 11.8 Å². The predicted octanol–water partition coefficient (Wildman–Crippen LogP) is 1.40. The lowest BCUT2D eigenvalue weighted by atomic mass is 10.00. The molecular formula is C15H28N2O3. The van der Waals surface area contributed by atoms with Gasteiger partial charge in [0.1, 0.15) is 6.04 Å². The highest BCUT2D eigenvalue weighted by Gasteiger charge is 2.33. The van der Waals surface area contributed by atoms with Gasteiger partial charge in [-0.3, -0.25) is 9.59 Å². The molecule has 0 aliphatic carbocycles. The molecule has 0 bridgehead atoms. The number of aliphatic hydroxyl groups is 1. The number of carbonyl (C=O) groups excluding carboxylic acids is 2. The van der Waals surface area contributed by atoms with E-state index >= 15 is 0 Å². The molecule has 2 amide bonds. The smallest absolute Gasteiger partial charge is 0.245 e. The fourth-order valence-electron chi connectivity index (χ4n) is 2.59. The average Bonchev–Trinajstić information content (AvgIpc) is 2.44. The molecule has 0 radical (unpaired) electrons. The molecule has 1 aliphatic rings. The maximum Gasteiger partial charge on any atom is 0.245 e. The number of nitrogens with zero attached hydrogens (tertiary/aromatic N) is 2. The SMILES string of the molecule is CCCC(=O)N1CCCCC1C(=O)N(C)CCC(C)O. The molecule has 0 saturated carbocycles. The Morgan fingerprint density at radius 1 is 1.40 bits per heavy atom. The minimum atomic E-state index is -0.408. The quantitative estimate of drug-likeness (QED) is 0.802. The van der Waals surface area contributed by atoms with Gasteiger partial charge in [0.2, 0.25) is 11.8 Å². The van der Waals surface area contributed by atoms with Crippen LogP contribution in [0.5, 0.6) is 0 Å². The van der Waals surface area contributed by atoms with Crippen LogP contribution < -0.4 is 0 Å². The van der Waals surface area contributed by atoms with E-state index in [4.69, 9.17) is 0 Å². The van der Waals surface area contributed by atoms with Crippen molar-refractivity contribution in [1.29, 1.82) is 0 Å². The van der Waals surface area contributed by atoms with Crippen molar-refractivity contribution in [2.45, 2.75) is 64.5 Å². The molecule has 1 rings (SSSR count). The minimum Gasteiger partial charge on any atom is -0.393 e. The van der Waals surface area contributed by atoms with E-state index in [2.05, 4.69) is 0 Å². The van der Waals surface area contributed by atoms with Crippen LogP contribution in [0, 0.1) is 0 Å². The second kappa shape index (κ2) is 8.25. The predicted molar refractivity (Wildman–Crippen MR) is 78.2 cm³/mol. The number of piperidine rings is 1. The topological polar surface area (TPSA) is 60.9 Å². The van der Waals surface area contributed by atoms with Crippen LogP contribution in [0.15, 0.2) is 0 Å². The summed E-state index contributed by atoms with van der Waals surface area (Å²) < 4.78 is 0. The summed E-state index contributed by atoms with van der Waals surface area (Å²) >= 11 is 0. The number of likely N-dealkylation sites (tertiary alicyclic amines) is 1. The number of aliphatic hydroxyl groups excluding tert-OH is 1. The van der Waals surface area contributed by atoms with Crippen molar-refractivity contribution in [1.82, 2.24) is 9.80 Å². The Hall–Kier alpha value is -1.10. The summed E-state index contributed by atoms with van der Waals surface area (Å²) in [5.41, 5.74) is 0. The van der Waals surface area contributed by atoms with Crippen molar-refractivity contribution < 1.29 is 14.7 Å². The summed E-state index contributed by atoms with van der Waals surface area (Å²) in [6, 6.07) is -0.304.